The Labute approximate surface area is 167 Å². The summed E-state index contributed by atoms with van der Waals surface area (Å²) in [6, 6.07) is 9.20. The molecule has 0 aromatic heterocycles. The van der Waals surface area contributed by atoms with Gasteiger partial charge in [0.25, 0.3) is 5.92 Å². The molecule has 1 heterocycles. The van der Waals surface area contributed by atoms with Gasteiger partial charge in [0.15, 0.2) is 0 Å². The van der Waals surface area contributed by atoms with Gasteiger partial charge in [-0.15, -0.1) is 0 Å². The van der Waals surface area contributed by atoms with Crippen LogP contribution in [0.1, 0.15) is 42.1 Å². The Morgan fingerprint density at radius 1 is 1.26 bits per heavy atom. The third kappa shape index (κ3) is 3.97. The number of fused-ring (bicyclic) bond motifs is 1. The van der Waals surface area contributed by atoms with Crippen LogP contribution in [-0.2, 0) is 6.42 Å². The lowest BCUT2D eigenvalue weighted by Gasteiger charge is -2.44. The lowest BCUT2D eigenvalue weighted by Crippen LogP contribution is -2.47. The summed E-state index contributed by atoms with van der Waals surface area (Å²) in [4.78, 5) is 1.88. The van der Waals surface area contributed by atoms with E-state index in [1.165, 1.54) is 0 Å². The fourth-order valence-corrected chi connectivity index (χ4v) is 4.33. The third-order valence-electron chi connectivity index (χ3n) is 5.32. The van der Waals surface area contributed by atoms with Crippen molar-refractivity contribution < 1.29 is 13.5 Å². The maximum Gasteiger partial charge on any atom is 0.257 e. The first-order valence-electron chi connectivity index (χ1n) is 8.97. The lowest BCUT2D eigenvalue weighted by molar-refractivity contribution is -0.0365. The number of rotatable bonds is 4. The molecule has 0 saturated heterocycles. The van der Waals surface area contributed by atoms with E-state index < -0.39 is 5.92 Å². The molecule has 0 bridgehead atoms. The van der Waals surface area contributed by atoms with Gasteiger partial charge in [0.2, 0.25) is 0 Å². The standard InChI is InChI=1S/C21H25BrF2N2O/c1-12-9-17-13(2)18(25)8-7-15(17)20(26(12)11-21(3,23)24)16-6-5-14(22)10-19(16)27-4/h5-8,10,12,20H,9,11,25H2,1-4H3/t12-,20?/m1/s1. The Balaban J connectivity index is 2.23. The molecule has 27 heavy (non-hydrogen) atoms. The maximum atomic E-state index is 14.0. The number of benzene rings is 2. The number of alkyl halides is 2. The first-order chi connectivity index (χ1) is 12.6. The second kappa shape index (κ2) is 7.40. The van der Waals surface area contributed by atoms with Crippen LogP contribution in [0.2, 0.25) is 0 Å². The second-order valence-electron chi connectivity index (χ2n) is 7.43. The van der Waals surface area contributed by atoms with Gasteiger partial charge >= 0.3 is 0 Å². The number of ether oxygens (including phenoxy) is 1. The smallest absolute Gasteiger partial charge is 0.257 e. The average molecular weight is 439 g/mol. The molecule has 0 radical (unpaired) electrons. The Bertz CT molecular complexity index is 851. The van der Waals surface area contributed by atoms with Gasteiger partial charge in [-0.3, -0.25) is 4.90 Å². The molecule has 2 aromatic rings. The van der Waals surface area contributed by atoms with Crippen LogP contribution in [0.4, 0.5) is 14.5 Å². The van der Waals surface area contributed by atoms with E-state index in [0.29, 0.717) is 12.2 Å². The van der Waals surface area contributed by atoms with Crippen molar-refractivity contribution in [3.8, 4) is 5.75 Å². The number of halogens is 3. The Kier molecular flexibility index (Phi) is 5.50. The first kappa shape index (κ1) is 20.1. The normalized spacial score (nSPS) is 20.4. The van der Waals surface area contributed by atoms with Gasteiger partial charge in [-0.1, -0.05) is 28.1 Å². The zero-order valence-corrected chi connectivity index (χ0v) is 17.6. The number of nitrogen functional groups attached to an aromatic ring is 1. The van der Waals surface area contributed by atoms with E-state index in [-0.39, 0.29) is 18.6 Å². The van der Waals surface area contributed by atoms with Crippen molar-refractivity contribution in [2.24, 2.45) is 0 Å². The van der Waals surface area contributed by atoms with E-state index in [4.69, 9.17) is 10.5 Å². The molecule has 0 aliphatic carbocycles. The first-order valence-corrected chi connectivity index (χ1v) is 9.76. The van der Waals surface area contributed by atoms with Crippen molar-refractivity contribution in [1.82, 2.24) is 4.90 Å². The zero-order chi connectivity index (χ0) is 19.9. The fourth-order valence-electron chi connectivity index (χ4n) is 3.99. The molecule has 2 aromatic carbocycles. The van der Waals surface area contributed by atoms with Crippen molar-refractivity contribution in [2.45, 2.75) is 45.2 Å². The highest BCUT2D eigenvalue weighted by Crippen LogP contribution is 2.44. The molecule has 146 valence electrons. The van der Waals surface area contributed by atoms with Crippen LogP contribution >= 0.6 is 15.9 Å². The summed E-state index contributed by atoms with van der Waals surface area (Å²) in [5.41, 5.74) is 10.9. The van der Waals surface area contributed by atoms with Crippen LogP contribution in [0.15, 0.2) is 34.8 Å². The van der Waals surface area contributed by atoms with E-state index in [1.54, 1.807) is 7.11 Å². The van der Waals surface area contributed by atoms with Crippen molar-refractivity contribution in [2.75, 3.05) is 19.4 Å². The molecular weight excluding hydrogens is 414 g/mol. The van der Waals surface area contributed by atoms with Gasteiger partial charge in [0, 0.05) is 28.7 Å². The van der Waals surface area contributed by atoms with E-state index in [0.717, 1.165) is 39.3 Å². The Morgan fingerprint density at radius 2 is 1.93 bits per heavy atom. The summed E-state index contributed by atoms with van der Waals surface area (Å²) in [5, 5.41) is 0. The quantitative estimate of drug-likeness (QED) is 0.654. The average Bonchev–Trinajstić information content (AvgIpc) is 2.59. The highest BCUT2D eigenvalue weighted by molar-refractivity contribution is 9.10. The minimum atomic E-state index is -2.80. The number of nitrogens with zero attached hydrogens (tertiary/aromatic N) is 1. The van der Waals surface area contributed by atoms with E-state index in [1.807, 2.05) is 49.1 Å². The summed E-state index contributed by atoms with van der Waals surface area (Å²) in [5.74, 6) is -2.12. The molecule has 3 rings (SSSR count). The largest absolute Gasteiger partial charge is 0.496 e. The van der Waals surface area contributed by atoms with Crippen LogP contribution in [-0.4, -0.2) is 30.5 Å². The molecule has 2 N–H and O–H groups in total. The van der Waals surface area contributed by atoms with Gasteiger partial charge < -0.3 is 10.5 Å². The molecule has 6 heteroatoms. The molecule has 2 atom stereocenters. The summed E-state index contributed by atoms with van der Waals surface area (Å²) < 4.78 is 34.5. The molecule has 1 aliphatic rings. The molecule has 0 fully saturated rings. The van der Waals surface area contributed by atoms with Crippen molar-refractivity contribution in [3.63, 3.8) is 0 Å². The van der Waals surface area contributed by atoms with Crippen molar-refractivity contribution in [3.05, 3.63) is 57.1 Å². The predicted molar refractivity (Wildman–Crippen MR) is 109 cm³/mol. The molecule has 0 saturated carbocycles. The number of nitrogens with two attached hydrogens (primary N) is 1. The number of methoxy groups -OCH3 is 1. The van der Waals surface area contributed by atoms with Gasteiger partial charge in [-0.05, 0) is 55.2 Å². The SMILES string of the molecule is COc1cc(Br)ccc1C1c2ccc(N)c(C)c2C[C@@H](C)N1CC(C)(F)F. The second-order valence-corrected chi connectivity index (χ2v) is 8.35. The van der Waals surface area contributed by atoms with Crippen molar-refractivity contribution >= 4 is 21.6 Å². The molecule has 1 unspecified atom stereocenters. The Morgan fingerprint density at radius 3 is 2.56 bits per heavy atom. The Hall–Kier alpha value is -1.66. The highest BCUT2D eigenvalue weighted by Gasteiger charge is 2.39. The minimum Gasteiger partial charge on any atom is -0.496 e. The van der Waals surface area contributed by atoms with Crippen LogP contribution in [0.3, 0.4) is 0 Å². The number of anilines is 1. The van der Waals surface area contributed by atoms with Gasteiger partial charge in [0.05, 0.1) is 19.7 Å². The van der Waals surface area contributed by atoms with Crippen LogP contribution in [0, 0.1) is 6.92 Å². The lowest BCUT2D eigenvalue weighted by atomic mass is 9.82. The van der Waals surface area contributed by atoms with E-state index in [2.05, 4.69) is 15.9 Å². The van der Waals surface area contributed by atoms with E-state index in [9.17, 15) is 8.78 Å². The number of hydrogen-bond donors (Lipinski definition) is 1. The minimum absolute atomic E-state index is 0.0535. The molecule has 3 nitrogen and oxygen atoms in total. The third-order valence-corrected chi connectivity index (χ3v) is 5.81. The predicted octanol–water partition coefficient (Wildman–Crippen LogP) is 5.34. The summed E-state index contributed by atoms with van der Waals surface area (Å²) >= 11 is 3.46. The highest BCUT2D eigenvalue weighted by atomic mass is 79.9. The molecule has 0 amide bonds. The maximum absolute atomic E-state index is 14.0. The summed E-state index contributed by atoms with van der Waals surface area (Å²) in [6.07, 6.45) is 0.692. The fraction of sp³-hybridized carbons (Fsp3) is 0.429. The zero-order valence-electron chi connectivity index (χ0n) is 16.0. The monoisotopic (exact) mass is 438 g/mol. The summed E-state index contributed by atoms with van der Waals surface area (Å²) in [6.45, 7) is 4.65. The molecular formula is C21H25BrF2N2O. The van der Waals surface area contributed by atoms with Crippen LogP contribution in [0.5, 0.6) is 5.75 Å². The van der Waals surface area contributed by atoms with E-state index >= 15 is 0 Å². The van der Waals surface area contributed by atoms with Crippen LogP contribution < -0.4 is 10.5 Å². The molecule has 0 spiro atoms. The van der Waals surface area contributed by atoms with Crippen LogP contribution in [0.25, 0.3) is 0 Å². The van der Waals surface area contributed by atoms with Gasteiger partial charge in [0.1, 0.15) is 5.75 Å². The number of hydrogen-bond acceptors (Lipinski definition) is 3. The van der Waals surface area contributed by atoms with Crippen molar-refractivity contribution in [1.29, 1.82) is 0 Å². The topological polar surface area (TPSA) is 38.5 Å². The molecule has 1 aliphatic heterocycles. The summed E-state index contributed by atoms with van der Waals surface area (Å²) in [7, 11) is 1.60. The van der Waals surface area contributed by atoms with Gasteiger partial charge in [-0.2, -0.15) is 0 Å². The van der Waals surface area contributed by atoms with Gasteiger partial charge in [-0.25, -0.2) is 8.78 Å².